The molecule has 3 heterocycles. The number of aliphatic hydroxyl groups excluding tert-OH is 1. The highest BCUT2D eigenvalue weighted by Crippen LogP contribution is 2.39. The van der Waals surface area contributed by atoms with Crippen molar-refractivity contribution in [2.45, 2.75) is 306 Å². The van der Waals surface area contributed by atoms with E-state index >= 15 is 0 Å². The second-order valence-corrected chi connectivity index (χ2v) is 34.1. The van der Waals surface area contributed by atoms with Crippen molar-refractivity contribution < 1.29 is 170 Å². The number of aliphatic carboxylic acids is 7. The minimum absolute atomic E-state index is 0.0522. The molecule has 0 aromatic carbocycles. The Kier molecular flexibility index (Phi) is 48.4. The maximum absolute atomic E-state index is 14.8. The number of ether oxygens (including phenoxy) is 6. The molecule has 3 fully saturated rings. The van der Waals surface area contributed by atoms with Gasteiger partial charge in [0.15, 0.2) is 5.78 Å². The van der Waals surface area contributed by atoms with Crippen LogP contribution in [0.5, 0.6) is 0 Å². The van der Waals surface area contributed by atoms with Crippen LogP contribution in [-0.2, 0) is 124 Å². The van der Waals surface area contributed by atoms with Crippen LogP contribution in [0.25, 0.3) is 0 Å². The third kappa shape index (κ3) is 38.5. The van der Waals surface area contributed by atoms with Crippen molar-refractivity contribution in [2.75, 3.05) is 41.1 Å². The second-order valence-electron chi connectivity index (χ2n) is 34.1. The molecule has 1 saturated carbocycles. The van der Waals surface area contributed by atoms with Crippen molar-refractivity contribution >= 4 is 118 Å². The van der Waals surface area contributed by atoms with Crippen LogP contribution in [0.4, 0.5) is 0 Å². The first-order valence-corrected chi connectivity index (χ1v) is 44.1. The topological polar surface area (TPSA) is 678 Å². The number of methoxy groups -OCH3 is 3. The Bertz CT molecular complexity index is 4190. The second kappa shape index (κ2) is 56.5. The summed E-state index contributed by atoms with van der Waals surface area (Å²) in [5, 5.41) is 107. The van der Waals surface area contributed by atoms with Gasteiger partial charge in [0.1, 0.15) is 79.7 Å². The van der Waals surface area contributed by atoms with Gasteiger partial charge in [-0.05, 0) is 145 Å². The summed E-state index contributed by atoms with van der Waals surface area (Å²) in [6.45, 7) is 10.6. The van der Waals surface area contributed by atoms with Crippen molar-refractivity contribution in [1.82, 2.24) is 47.4 Å². The first-order chi connectivity index (χ1) is 62.1. The fraction of sp³-hybridized carbons (Fsp3) is 0.682. The van der Waals surface area contributed by atoms with E-state index in [1.807, 2.05) is 49.5 Å². The minimum Gasteiger partial charge on any atom is -0.481 e. The molecule has 4 rings (SSSR count). The molecule has 738 valence electrons. The van der Waals surface area contributed by atoms with Crippen LogP contribution in [0, 0.1) is 35.5 Å². The normalized spacial score (nSPS) is 26.7. The summed E-state index contributed by atoms with van der Waals surface area (Å²) in [6.07, 6.45) is -3.47. The summed E-state index contributed by atoms with van der Waals surface area (Å²) in [5.74, 6) is -30.7. The minimum atomic E-state index is -2.57. The number of hydrogen-bond donors (Lipinski definition) is 17. The number of piperidine rings is 1. The van der Waals surface area contributed by atoms with E-state index in [1.54, 1.807) is 34.6 Å². The summed E-state index contributed by atoms with van der Waals surface area (Å²) in [4.78, 5) is 265. The Balaban J connectivity index is 1.51. The standard InChI is InChI=1S/C88H131N9O35/c1-46-16-12-11-13-17-47(2)64(127-8)42-54-21-19-52(7)88(126,132-54)79(117)86(124)97-37-15-14-18-61(97)87(125)131-65(43-62(98)48(3)39-51(6)77(116)78(129-10)76(115)50(5)38-46)49(4)40-53-20-28-63(66(41-53)128-9)130-45-90-67(99)29-30-68(100)91-56(23-32-70(103)104)81(119)93-58(25-34-72(107)108)83(121)95-60(27-36-74(111)112)85(123)96-59(26-35-73(109)110)84(122)94-57(24-33-71(105)106)82(120)92-55(22-31-69(101)102)80(118)89-44-75(113)114/h11-13,16-17,39,46,48-50,52-61,63-66,77-78,116,126H,14-15,18-38,40-45H2,1-10H3,(H,89,118)(H,90,99)(H,91,100)(H,92,120)(H,93,119)(H,94,122)(H,95,121)(H,96,123)(H,101,102)(H,103,104)(H,105,106)(H,107,108)(H,109,110)(H,111,112)(H,113,114)/b13-11+,16-12+,47-17+,51-39+/t46-,48-,49+,50-,52-,53+,54+,55?,56?,57?,58?,59?,60?,61+,63-,64+,65+,66-,77-,78+,88-/m1/s1. The number of fused-ring (bicyclic) bond motifs is 3. The SMILES string of the molecule is CO[C@H]1C[C@@H]2CC[C@@H](C)[C@@](O)(O2)C(=O)C(=O)N2CCCC[C@H]2C(=O)O[C@H]([C@@H](C)C[C@@H]2CC[C@@H](OCNC(=O)CCC(=O)NC(CCC(=O)O)C(=O)NC(CCC(=O)O)C(=O)NC(CCC(=O)O)C(=O)NC(CCC(=O)O)C(=O)NC(CCC(=O)O)C(=O)NC(CCC(=O)O)C(=O)NCC(=O)O)[C@H](OC)C2)CC(=O)[C@H](C)/C=C(\C)[C@@H](O)[C@@H](OC)C(=O)[C@H](C)C[C@H](C)/C=C/C=C/C=C/1C. The Hall–Kier alpha value is -11.3. The van der Waals surface area contributed by atoms with E-state index in [9.17, 15) is 137 Å². The lowest BCUT2D eigenvalue weighted by Gasteiger charge is -2.42. The highest BCUT2D eigenvalue weighted by molar-refractivity contribution is 6.39. The van der Waals surface area contributed by atoms with Gasteiger partial charge in [0.25, 0.3) is 11.7 Å². The molecule has 0 spiro atoms. The van der Waals surface area contributed by atoms with E-state index in [0.717, 1.165) is 10.5 Å². The number of Topliss-reactive ketones (excluding diaryl/α,β-unsaturated/α-hetero) is 3. The average Bonchev–Trinajstić information content (AvgIpc) is 0.774. The molecule has 17 N–H and O–H groups in total. The number of allylic oxidation sites excluding steroid dienone is 6. The molecule has 2 saturated heterocycles. The van der Waals surface area contributed by atoms with Crippen LogP contribution in [0.1, 0.15) is 215 Å². The number of aliphatic hydroxyl groups is 2. The molecule has 132 heavy (non-hydrogen) atoms. The van der Waals surface area contributed by atoms with Gasteiger partial charge < -0.3 is 122 Å². The average molecular weight is 1880 g/mol. The zero-order valence-electron chi connectivity index (χ0n) is 76.1. The Morgan fingerprint density at radius 1 is 0.523 bits per heavy atom. The van der Waals surface area contributed by atoms with Gasteiger partial charge in [-0.25, -0.2) is 4.79 Å². The lowest BCUT2D eigenvalue weighted by Crippen LogP contribution is -2.61. The molecular formula is C88H131N9O35. The number of amides is 9. The summed E-state index contributed by atoms with van der Waals surface area (Å²) in [7, 11) is 4.26. The van der Waals surface area contributed by atoms with Crippen LogP contribution in [0.3, 0.4) is 0 Å². The zero-order chi connectivity index (χ0) is 99.0. The number of cyclic esters (lactones) is 1. The van der Waals surface area contributed by atoms with E-state index in [0.29, 0.717) is 57.8 Å². The Morgan fingerprint density at radius 3 is 1.48 bits per heavy atom. The van der Waals surface area contributed by atoms with E-state index < -0.39 is 330 Å². The maximum Gasteiger partial charge on any atom is 0.329 e. The lowest BCUT2D eigenvalue weighted by molar-refractivity contribution is -0.265. The zero-order valence-corrected chi connectivity index (χ0v) is 76.1. The quantitative estimate of drug-likeness (QED) is 0.0177. The highest BCUT2D eigenvalue weighted by Gasteiger charge is 2.54. The molecule has 0 aromatic rings. The number of ketones is 3. The number of hydrogen-bond acceptors (Lipinski definition) is 28. The number of carbonyl (C=O) groups excluding carboxylic acids is 13. The number of nitrogens with one attached hydrogen (secondary N) is 8. The maximum atomic E-state index is 14.8. The van der Waals surface area contributed by atoms with Crippen molar-refractivity contribution in [3.05, 3.63) is 47.6 Å². The summed E-state index contributed by atoms with van der Waals surface area (Å²) in [5.41, 5.74) is 1.06. The van der Waals surface area contributed by atoms with Gasteiger partial charge in [0, 0.05) is 110 Å². The number of nitrogens with zero attached hydrogens (tertiary/aromatic N) is 1. The summed E-state index contributed by atoms with van der Waals surface area (Å²) < 4.78 is 36.0. The van der Waals surface area contributed by atoms with E-state index in [2.05, 4.69) is 37.2 Å². The van der Waals surface area contributed by atoms with Crippen molar-refractivity contribution in [2.24, 2.45) is 35.5 Å². The van der Waals surface area contributed by atoms with Crippen molar-refractivity contribution in [1.29, 1.82) is 0 Å². The van der Waals surface area contributed by atoms with Gasteiger partial charge >= 0.3 is 47.8 Å². The van der Waals surface area contributed by atoms with E-state index in [4.69, 9.17) is 33.5 Å². The molecule has 0 radical (unpaired) electrons. The van der Waals surface area contributed by atoms with Gasteiger partial charge in [0.05, 0.1) is 24.4 Å². The molecule has 3 aliphatic heterocycles. The van der Waals surface area contributed by atoms with E-state index in [-0.39, 0.29) is 49.0 Å². The first kappa shape index (κ1) is 113. The van der Waals surface area contributed by atoms with Crippen LogP contribution in [0.2, 0.25) is 0 Å². The molecule has 44 nitrogen and oxygen atoms in total. The molecule has 44 heteroatoms. The molecule has 9 amide bonds. The van der Waals surface area contributed by atoms with Crippen molar-refractivity contribution in [3.63, 3.8) is 0 Å². The predicted octanol–water partition coefficient (Wildman–Crippen LogP) is 1.36. The first-order valence-electron chi connectivity index (χ1n) is 44.1. The third-order valence-corrected chi connectivity index (χ3v) is 23.7. The van der Waals surface area contributed by atoms with Crippen LogP contribution in [-0.4, -0.2) is 301 Å². The Labute approximate surface area is 763 Å². The molecular weight excluding hydrogens is 1740 g/mol. The van der Waals surface area contributed by atoms with E-state index in [1.165, 1.54) is 27.4 Å². The van der Waals surface area contributed by atoms with Crippen LogP contribution >= 0.6 is 0 Å². The van der Waals surface area contributed by atoms with Gasteiger partial charge in [-0.15, -0.1) is 0 Å². The fourth-order valence-electron chi connectivity index (χ4n) is 16.0. The smallest absolute Gasteiger partial charge is 0.329 e. The largest absolute Gasteiger partial charge is 0.481 e. The summed E-state index contributed by atoms with van der Waals surface area (Å²) in [6, 6.07) is -13.1. The number of carbonyl (C=O) groups is 20. The fourth-order valence-corrected chi connectivity index (χ4v) is 16.0. The Morgan fingerprint density at radius 2 is 1.01 bits per heavy atom. The molecule has 6 unspecified atom stereocenters. The van der Waals surface area contributed by atoms with Crippen LogP contribution < -0.4 is 42.5 Å². The number of carboxylic acids is 7. The lowest BCUT2D eigenvalue weighted by atomic mass is 9.78. The molecule has 1 aliphatic carbocycles. The number of rotatable bonds is 44. The van der Waals surface area contributed by atoms with Gasteiger partial charge in [-0.2, -0.15) is 0 Å². The number of carboxylic acid groups (broad SMARTS) is 7. The van der Waals surface area contributed by atoms with Crippen LogP contribution in [0.15, 0.2) is 47.6 Å². The highest BCUT2D eigenvalue weighted by atomic mass is 16.6. The predicted molar refractivity (Wildman–Crippen MR) is 460 cm³/mol. The molecule has 2 bridgehead atoms. The molecule has 0 aromatic heterocycles. The number of esters is 1. The molecule has 21 atom stereocenters. The van der Waals surface area contributed by atoms with Gasteiger partial charge in [-0.3, -0.25) is 91.1 Å². The monoisotopic (exact) mass is 1870 g/mol. The van der Waals surface area contributed by atoms with Crippen molar-refractivity contribution in [3.8, 4) is 0 Å². The van der Waals surface area contributed by atoms with Gasteiger partial charge in [0.2, 0.25) is 53.0 Å². The van der Waals surface area contributed by atoms with Gasteiger partial charge in [-0.1, -0.05) is 71.1 Å². The summed E-state index contributed by atoms with van der Waals surface area (Å²) >= 11 is 0. The molecule has 4 aliphatic rings. The third-order valence-electron chi connectivity index (χ3n) is 23.7.